The first kappa shape index (κ1) is 20.7. The Labute approximate surface area is 187 Å². The van der Waals surface area contributed by atoms with E-state index in [1.165, 1.54) is 34.9 Å². The molecule has 0 radical (unpaired) electrons. The third kappa shape index (κ3) is 3.65. The van der Waals surface area contributed by atoms with Crippen LogP contribution in [0.2, 0.25) is 0 Å². The summed E-state index contributed by atoms with van der Waals surface area (Å²) >= 11 is 1.21. The molecule has 4 heterocycles. The van der Waals surface area contributed by atoms with Crippen molar-refractivity contribution in [3.8, 4) is 0 Å². The van der Waals surface area contributed by atoms with Crippen molar-refractivity contribution in [3.05, 3.63) is 50.8 Å². The second kappa shape index (κ2) is 8.36. The Morgan fingerprint density at radius 1 is 1.25 bits per heavy atom. The van der Waals surface area contributed by atoms with Gasteiger partial charge in [-0.05, 0) is 43.4 Å². The lowest BCUT2D eigenvalue weighted by Gasteiger charge is -2.37. The van der Waals surface area contributed by atoms with E-state index in [-0.39, 0.29) is 5.56 Å². The Morgan fingerprint density at radius 3 is 2.81 bits per heavy atom. The molecule has 1 unspecified atom stereocenters. The van der Waals surface area contributed by atoms with Crippen LogP contribution in [0.3, 0.4) is 0 Å². The van der Waals surface area contributed by atoms with Crippen LogP contribution in [0.25, 0.3) is 11.0 Å². The van der Waals surface area contributed by atoms with E-state index < -0.39 is 30.1 Å². The van der Waals surface area contributed by atoms with Crippen molar-refractivity contribution in [1.29, 1.82) is 0 Å². The van der Waals surface area contributed by atoms with Crippen LogP contribution < -0.4 is 21.2 Å². The van der Waals surface area contributed by atoms with Crippen LogP contribution in [0.5, 0.6) is 0 Å². The van der Waals surface area contributed by atoms with Crippen LogP contribution in [0.1, 0.15) is 34.3 Å². The molecular weight excluding hydrogens is 432 g/mol. The van der Waals surface area contributed by atoms with Crippen molar-refractivity contribution in [1.82, 2.24) is 10.3 Å². The van der Waals surface area contributed by atoms with Gasteiger partial charge in [0.2, 0.25) is 0 Å². The molecule has 2 amide bonds. The molecule has 0 fully saturated rings. The maximum Gasteiger partial charge on any atom is 0.349 e. The molecule has 2 aliphatic rings. The summed E-state index contributed by atoms with van der Waals surface area (Å²) in [7, 11) is 0. The lowest BCUT2D eigenvalue weighted by atomic mass is 9.90. The number of anilines is 2. The monoisotopic (exact) mass is 454 g/mol. The van der Waals surface area contributed by atoms with Gasteiger partial charge in [0.1, 0.15) is 17.2 Å². The molecule has 1 atom stereocenters. The maximum absolute atomic E-state index is 12.8. The summed E-state index contributed by atoms with van der Waals surface area (Å²) in [4.78, 5) is 44.2. The highest BCUT2D eigenvalue weighted by molar-refractivity contribution is 7.13. The number of hydrogen-bond acceptors (Lipinski definition) is 8. The summed E-state index contributed by atoms with van der Waals surface area (Å²) in [5.41, 5.74) is 2.97. The molecule has 9 nitrogen and oxygen atoms in total. The Hall–Kier alpha value is -3.24. The molecule has 0 saturated heterocycles. The van der Waals surface area contributed by atoms with Crippen LogP contribution in [0, 0.1) is 0 Å². The second-order valence-electron chi connectivity index (χ2n) is 7.96. The third-order valence-corrected chi connectivity index (χ3v) is 6.62. The number of thiazole rings is 1. The van der Waals surface area contributed by atoms with Crippen LogP contribution in [-0.4, -0.2) is 47.6 Å². The summed E-state index contributed by atoms with van der Waals surface area (Å²) in [5.74, 6) is -1.40. The lowest BCUT2D eigenvalue weighted by Crippen LogP contribution is -2.47. The van der Waals surface area contributed by atoms with Gasteiger partial charge in [0.15, 0.2) is 5.13 Å². The van der Waals surface area contributed by atoms with Crippen molar-refractivity contribution in [3.63, 3.8) is 0 Å². The molecule has 32 heavy (non-hydrogen) atoms. The van der Waals surface area contributed by atoms with Gasteiger partial charge in [-0.25, -0.2) is 9.78 Å². The van der Waals surface area contributed by atoms with Crippen molar-refractivity contribution >= 4 is 44.9 Å². The molecular formula is C22H22N4O5S. The van der Waals surface area contributed by atoms with E-state index in [0.717, 1.165) is 44.3 Å². The Kier molecular flexibility index (Phi) is 5.40. The van der Waals surface area contributed by atoms with Gasteiger partial charge in [0.05, 0.1) is 6.61 Å². The largest absolute Gasteiger partial charge is 0.422 e. The Bertz CT molecular complexity index is 1250. The predicted octanol–water partition coefficient (Wildman–Crippen LogP) is 1.68. The van der Waals surface area contributed by atoms with Gasteiger partial charge in [-0.1, -0.05) is 0 Å². The average molecular weight is 455 g/mol. The molecule has 1 aromatic carbocycles. The number of amides is 2. The van der Waals surface area contributed by atoms with E-state index in [2.05, 4.69) is 20.5 Å². The number of carbonyl (C=O) groups excluding carboxylic acids is 2. The standard InChI is InChI=1S/C22H22N4O5S/c27-11-16(20(29)25-22-23-5-8-32-22)24-19(28)15-10-13-9-12-3-1-6-26-7-2-4-14(17(12)26)18(13)31-21(15)30/h5,8-10,16,27H,1-4,6-7,11H2,(H,24,28)(H,23,25,29). The molecule has 0 spiro atoms. The minimum atomic E-state index is -1.24. The van der Waals surface area contributed by atoms with Crippen molar-refractivity contribution in [2.75, 3.05) is 29.9 Å². The Balaban J connectivity index is 1.45. The van der Waals surface area contributed by atoms with Crippen molar-refractivity contribution < 1.29 is 19.1 Å². The fraction of sp³-hybridized carbons (Fsp3) is 0.364. The number of aromatic nitrogens is 1. The van der Waals surface area contributed by atoms with Gasteiger partial charge in [-0.15, -0.1) is 11.3 Å². The highest BCUT2D eigenvalue weighted by Crippen LogP contribution is 2.39. The van der Waals surface area contributed by atoms with Gasteiger partial charge in [0.25, 0.3) is 11.8 Å². The SMILES string of the molecule is O=C(NC(CO)C(=O)Nc1nccs1)c1cc2cc3c4c(c2oc1=O)CCCN4CCC3. The number of nitrogens with one attached hydrogen (secondary N) is 2. The first-order valence-electron chi connectivity index (χ1n) is 10.5. The lowest BCUT2D eigenvalue weighted by molar-refractivity contribution is -0.118. The zero-order valence-corrected chi connectivity index (χ0v) is 18.0. The number of nitrogens with zero attached hydrogens (tertiary/aromatic N) is 2. The summed E-state index contributed by atoms with van der Waals surface area (Å²) in [6.07, 6.45) is 5.35. The van der Waals surface area contributed by atoms with Crippen LogP contribution >= 0.6 is 11.3 Å². The quantitative estimate of drug-likeness (QED) is 0.501. The second-order valence-corrected chi connectivity index (χ2v) is 8.85. The molecule has 2 aromatic heterocycles. The minimum Gasteiger partial charge on any atom is -0.422 e. The zero-order chi connectivity index (χ0) is 22.2. The fourth-order valence-electron chi connectivity index (χ4n) is 4.51. The number of fused-ring (bicyclic) bond motifs is 2. The number of aliphatic hydroxyl groups excluding tert-OH is 1. The van der Waals surface area contributed by atoms with Crippen LogP contribution in [0.15, 0.2) is 32.9 Å². The van der Waals surface area contributed by atoms with Crippen molar-refractivity contribution in [2.45, 2.75) is 31.7 Å². The van der Waals surface area contributed by atoms with E-state index in [0.29, 0.717) is 16.1 Å². The molecule has 3 aromatic rings. The summed E-state index contributed by atoms with van der Waals surface area (Å²) in [5, 5.41) is 17.3. The van der Waals surface area contributed by atoms with E-state index in [9.17, 15) is 19.5 Å². The number of benzene rings is 1. The number of carbonyl (C=O) groups is 2. The normalized spacial score (nSPS) is 15.8. The molecule has 0 aliphatic carbocycles. The van der Waals surface area contributed by atoms with E-state index in [4.69, 9.17) is 4.42 Å². The highest BCUT2D eigenvalue weighted by Gasteiger charge is 2.28. The number of aliphatic hydroxyl groups is 1. The summed E-state index contributed by atoms with van der Waals surface area (Å²) in [6, 6.07) is 2.28. The molecule has 5 rings (SSSR count). The summed E-state index contributed by atoms with van der Waals surface area (Å²) < 4.78 is 5.63. The minimum absolute atomic E-state index is 0.200. The van der Waals surface area contributed by atoms with E-state index >= 15 is 0 Å². The molecule has 3 N–H and O–H groups in total. The number of rotatable bonds is 5. The molecule has 0 bridgehead atoms. The highest BCUT2D eigenvalue weighted by atomic mass is 32.1. The topological polar surface area (TPSA) is 125 Å². The van der Waals surface area contributed by atoms with E-state index in [1.54, 1.807) is 5.38 Å². The maximum atomic E-state index is 12.8. The van der Waals surface area contributed by atoms with E-state index in [1.807, 2.05) is 6.07 Å². The first-order chi connectivity index (χ1) is 15.5. The van der Waals surface area contributed by atoms with Crippen LogP contribution in [0.4, 0.5) is 10.8 Å². The molecule has 10 heteroatoms. The van der Waals surface area contributed by atoms with Gasteiger partial charge in [0, 0.05) is 41.3 Å². The zero-order valence-electron chi connectivity index (χ0n) is 17.2. The van der Waals surface area contributed by atoms with Crippen molar-refractivity contribution in [2.24, 2.45) is 0 Å². The van der Waals surface area contributed by atoms with Crippen LogP contribution in [-0.2, 0) is 17.6 Å². The first-order valence-corrected chi connectivity index (χ1v) is 11.4. The fourth-order valence-corrected chi connectivity index (χ4v) is 5.04. The number of hydrogen-bond donors (Lipinski definition) is 3. The average Bonchev–Trinajstić information content (AvgIpc) is 3.30. The molecule has 166 valence electrons. The van der Waals surface area contributed by atoms with Gasteiger partial charge in [-0.3, -0.25) is 9.59 Å². The third-order valence-electron chi connectivity index (χ3n) is 5.93. The molecule has 0 saturated carbocycles. The molecule has 2 aliphatic heterocycles. The number of aryl methyl sites for hydroxylation is 2. The predicted molar refractivity (Wildman–Crippen MR) is 120 cm³/mol. The van der Waals surface area contributed by atoms with Gasteiger partial charge in [-0.2, -0.15) is 0 Å². The Morgan fingerprint density at radius 2 is 2.06 bits per heavy atom. The smallest absolute Gasteiger partial charge is 0.349 e. The van der Waals surface area contributed by atoms with Gasteiger partial charge >= 0.3 is 5.63 Å². The summed E-state index contributed by atoms with van der Waals surface area (Å²) in [6.45, 7) is 1.37. The van der Waals surface area contributed by atoms with Gasteiger partial charge < -0.3 is 25.1 Å².